The Morgan fingerprint density at radius 3 is 2.63 bits per heavy atom. The molecule has 0 atom stereocenters. The van der Waals surface area contributed by atoms with Gasteiger partial charge in [0.2, 0.25) is 5.91 Å². The fourth-order valence-corrected chi connectivity index (χ4v) is 2.69. The van der Waals surface area contributed by atoms with Gasteiger partial charge in [-0.05, 0) is 43.7 Å². The van der Waals surface area contributed by atoms with E-state index in [0.717, 1.165) is 23.3 Å². The minimum Gasteiger partial charge on any atom is -0.490 e. The maximum Gasteiger partial charge on any atom is 0.224 e. The number of nitrogens with one attached hydrogen (secondary N) is 1. The van der Waals surface area contributed by atoms with E-state index in [2.05, 4.69) is 10.3 Å². The van der Waals surface area contributed by atoms with Gasteiger partial charge in [0, 0.05) is 18.5 Å². The molecule has 0 unspecified atom stereocenters. The maximum absolute atomic E-state index is 12.2. The fraction of sp³-hybridized carbons (Fsp3) is 0.333. The normalized spacial score (nSPS) is 10.7. The standard InChI is InChI=1S/C21H24N2O4/c1-3-21-23-16-14-15(11-12-17(16)27-21)22-20(24)10-7-13-26-19-9-6-5-8-18(19)25-4-2/h5-6,8-9,11-12,14H,3-4,7,10,13H2,1-2H3,(H,22,24). The summed E-state index contributed by atoms with van der Waals surface area (Å²) in [6.45, 7) is 4.95. The lowest BCUT2D eigenvalue weighted by Gasteiger charge is -2.11. The van der Waals surface area contributed by atoms with E-state index >= 15 is 0 Å². The van der Waals surface area contributed by atoms with Gasteiger partial charge in [-0.25, -0.2) is 4.98 Å². The number of oxazole rings is 1. The van der Waals surface area contributed by atoms with Crippen molar-refractivity contribution in [2.45, 2.75) is 33.1 Å². The van der Waals surface area contributed by atoms with E-state index < -0.39 is 0 Å². The molecule has 0 fully saturated rings. The first-order valence-electron chi connectivity index (χ1n) is 9.23. The molecule has 0 saturated carbocycles. The average molecular weight is 368 g/mol. The molecule has 0 aliphatic heterocycles. The van der Waals surface area contributed by atoms with Gasteiger partial charge in [0.1, 0.15) is 5.52 Å². The van der Waals surface area contributed by atoms with E-state index in [1.54, 1.807) is 0 Å². The van der Waals surface area contributed by atoms with E-state index in [0.29, 0.717) is 43.4 Å². The molecule has 0 radical (unpaired) electrons. The third-order valence-corrected chi connectivity index (χ3v) is 3.97. The zero-order valence-electron chi connectivity index (χ0n) is 15.7. The molecule has 27 heavy (non-hydrogen) atoms. The average Bonchev–Trinajstić information content (AvgIpc) is 3.09. The van der Waals surface area contributed by atoms with Crippen molar-refractivity contribution in [3.8, 4) is 11.5 Å². The Hall–Kier alpha value is -3.02. The Labute approximate surface area is 158 Å². The maximum atomic E-state index is 12.2. The van der Waals surface area contributed by atoms with Crippen LogP contribution in [0.5, 0.6) is 11.5 Å². The number of para-hydroxylation sites is 2. The molecule has 6 heteroatoms. The second kappa shape index (κ2) is 9.07. The zero-order valence-corrected chi connectivity index (χ0v) is 15.7. The number of rotatable bonds is 9. The number of fused-ring (bicyclic) bond motifs is 1. The van der Waals surface area contributed by atoms with Gasteiger partial charge in [0.05, 0.1) is 13.2 Å². The number of hydrogen-bond acceptors (Lipinski definition) is 5. The Bertz CT molecular complexity index is 904. The summed E-state index contributed by atoms with van der Waals surface area (Å²) in [5.74, 6) is 2.05. The molecular formula is C21H24N2O4. The smallest absolute Gasteiger partial charge is 0.224 e. The number of aryl methyl sites for hydroxylation is 1. The SMILES string of the molecule is CCOc1ccccc1OCCCC(=O)Nc1ccc2oc(CC)nc2c1. The molecule has 1 amide bonds. The molecule has 0 spiro atoms. The van der Waals surface area contributed by atoms with Crippen LogP contribution >= 0.6 is 0 Å². The number of carbonyl (C=O) groups excluding carboxylic acids is 1. The number of aromatic nitrogens is 1. The Balaban J connectivity index is 1.47. The van der Waals surface area contributed by atoms with Gasteiger partial charge in [-0.15, -0.1) is 0 Å². The predicted molar refractivity (Wildman–Crippen MR) is 104 cm³/mol. The van der Waals surface area contributed by atoms with E-state index in [9.17, 15) is 4.79 Å². The molecule has 1 N–H and O–H groups in total. The predicted octanol–water partition coefficient (Wildman–Crippen LogP) is 4.59. The van der Waals surface area contributed by atoms with Gasteiger partial charge in [-0.2, -0.15) is 0 Å². The second-order valence-electron chi connectivity index (χ2n) is 6.02. The quantitative estimate of drug-likeness (QED) is 0.559. The van der Waals surface area contributed by atoms with Crippen molar-refractivity contribution in [1.82, 2.24) is 4.98 Å². The van der Waals surface area contributed by atoms with Crippen LogP contribution in [0.25, 0.3) is 11.1 Å². The van der Waals surface area contributed by atoms with Crippen molar-refractivity contribution in [2.24, 2.45) is 0 Å². The lowest BCUT2D eigenvalue weighted by atomic mass is 10.2. The largest absolute Gasteiger partial charge is 0.490 e. The highest BCUT2D eigenvalue weighted by atomic mass is 16.5. The molecule has 0 bridgehead atoms. The lowest BCUT2D eigenvalue weighted by molar-refractivity contribution is -0.116. The summed E-state index contributed by atoms with van der Waals surface area (Å²) in [5, 5.41) is 2.89. The van der Waals surface area contributed by atoms with Gasteiger partial charge >= 0.3 is 0 Å². The van der Waals surface area contributed by atoms with Crippen LogP contribution in [-0.2, 0) is 11.2 Å². The van der Waals surface area contributed by atoms with Gasteiger partial charge in [0.25, 0.3) is 0 Å². The number of hydrogen-bond donors (Lipinski definition) is 1. The van der Waals surface area contributed by atoms with E-state index in [1.165, 1.54) is 0 Å². The van der Waals surface area contributed by atoms with Crippen molar-refractivity contribution in [3.05, 3.63) is 48.4 Å². The van der Waals surface area contributed by atoms with Crippen LogP contribution in [0, 0.1) is 0 Å². The zero-order chi connectivity index (χ0) is 19.1. The third-order valence-electron chi connectivity index (χ3n) is 3.97. The van der Waals surface area contributed by atoms with Crippen LogP contribution in [0.1, 0.15) is 32.6 Å². The first kappa shape index (κ1) is 18.8. The number of benzene rings is 2. The first-order chi connectivity index (χ1) is 13.2. The highest BCUT2D eigenvalue weighted by Crippen LogP contribution is 2.26. The Morgan fingerprint density at radius 2 is 1.89 bits per heavy atom. The second-order valence-corrected chi connectivity index (χ2v) is 6.02. The first-order valence-corrected chi connectivity index (χ1v) is 9.23. The summed E-state index contributed by atoms with van der Waals surface area (Å²) in [5.41, 5.74) is 2.19. The summed E-state index contributed by atoms with van der Waals surface area (Å²) < 4.78 is 16.8. The molecule has 3 aromatic rings. The lowest BCUT2D eigenvalue weighted by Crippen LogP contribution is -2.12. The molecule has 0 saturated heterocycles. The minimum absolute atomic E-state index is 0.0600. The number of ether oxygens (including phenoxy) is 2. The molecule has 2 aromatic carbocycles. The van der Waals surface area contributed by atoms with Gasteiger partial charge in [-0.1, -0.05) is 19.1 Å². The van der Waals surface area contributed by atoms with Gasteiger partial charge < -0.3 is 19.2 Å². The molecule has 6 nitrogen and oxygen atoms in total. The highest BCUT2D eigenvalue weighted by molar-refractivity contribution is 5.92. The van der Waals surface area contributed by atoms with Crippen LogP contribution in [0.4, 0.5) is 5.69 Å². The summed E-state index contributed by atoms with van der Waals surface area (Å²) in [6.07, 6.45) is 1.72. The highest BCUT2D eigenvalue weighted by Gasteiger charge is 2.08. The topological polar surface area (TPSA) is 73.6 Å². The van der Waals surface area contributed by atoms with Gasteiger partial charge in [0.15, 0.2) is 23.0 Å². The van der Waals surface area contributed by atoms with Crippen molar-refractivity contribution in [1.29, 1.82) is 0 Å². The van der Waals surface area contributed by atoms with Crippen molar-refractivity contribution < 1.29 is 18.7 Å². The molecule has 1 heterocycles. The van der Waals surface area contributed by atoms with Gasteiger partial charge in [-0.3, -0.25) is 4.79 Å². The molecular weight excluding hydrogens is 344 g/mol. The fourth-order valence-electron chi connectivity index (χ4n) is 2.69. The van der Waals surface area contributed by atoms with Crippen LogP contribution in [0.3, 0.4) is 0 Å². The number of amides is 1. The number of anilines is 1. The molecule has 142 valence electrons. The monoisotopic (exact) mass is 368 g/mol. The van der Waals surface area contributed by atoms with E-state index in [-0.39, 0.29) is 5.91 Å². The van der Waals surface area contributed by atoms with Crippen LogP contribution < -0.4 is 14.8 Å². The summed E-state index contributed by atoms with van der Waals surface area (Å²) >= 11 is 0. The van der Waals surface area contributed by atoms with Crippen molar-refractivity contribution in [2.75, 3.05) is 18.5 Å². The van der Waals surface area contributed by atoms with Crippen LogP contribution in [-0.4, -0.2) is 24.1 Å². The number of nitrogens with zero attached hydrogens (tertiary/aromatic N) is 1. The van der Waals surface area contributed by atoms with Crippen molar-refractivity contribution >= 4 is 22.7 Å². The van der Waals surface area contributed by atoms with E-state index in [1.807, 2.05) is 56.3 Å². The number of carbonyl (C=O) groups is 1. The molecule has 1 aromatic heterocycles. The summed E-state index contributed by atoms with van der Waals surface area (Å²) in [4.78, 5) is 16.5. The van der Waals surface area contributed by atoms with Crippen LogP contribution in [0.15, 0.2) is 46.9 Å². The Kier molecular flexibility index (Phi) is 6.30. The molecule has 0 aliphatic carbocycles. The van der Waals surface area contributed by atoms with Crippen LogP contribution in [0.2, 0.25) is 0 Å². The summed E-state index contributed by atoms with van der Waals surface area (Å²) in [6, 6.07) is 13.0. The molecule has 0 aliphatic rings. The summed E-state index contributed by atoms with van der Waals surface area (Å²) in [7, 11) is 0. The third kappa shape index (κ3) is 5.00. The molecule has 3 rings (SSSR count). The van der Waals surface area contributed by atoms with E-state index in [4.69, 9.17) is 13.9 Å². The van der Waals surface area contributed by atoms with Crippen molar-refractivity contribution in [3.63, 3.8) is 0 Å². The Morgan fingerprint density at radius 1 is 1.11 bits per heavy atom. The minimum atomic E-state index is -0.0600.